The zero-order valence-corrected chi connectivity index (χ0v) is 18.4. The van der Waals surface area contributed by atoms with Gasteiger partial charge >= 0.3 is 0 Å². The Kier molecular flexibility index (Phi) is 6.01. The number of carbonyl (C=O) groups is 1. The number of halogens is 2. The fourth-order valence-corrected chi connectivity index (χ4v) is 5.24. The molecule has 33 heavy (non-hydrogen) atoms. The van der Waals surface area contributed by atoms with Gasteiger partial charge in [0.2, 0.25) is 0 Å². The number of pyridine rings is 1. The number of amides is 1. The molecule has 1 amide bonds. The average molecular weight is 455 g/mol. The van der Waals surface area contributed by atoms with Crippen molar-refractivity contribution in [2.24, 2.45) is 5.92 Å². The van der Waals surface area contributed by atoms with Crippen LogP contribution >= 0.6 is 0 Å². The number of hydrogen-bond acceptors (Lipinski definition) is 4. The predicted molar refractivity (Wildman–Crippen MR) is 121 cm³/mol. The predicted octanol–water partition coefficient (Wildman–Crippen LogP) is 4.23. The molecule has 2 fully saturated rings. The number of carbonyl (C=O) groups excluding carboxylic acids is 1. The van der Waals surface area contributed by atoms with E-state index in [2.05, 4.69) is 15.3 Å². The van der Waals surface area contributed by atoms with E-state index in [-0.39, 0.29) is 24.6 Å². The van der Waals surface area contributed by atoms with Crippen molar-refractivity contribution >= 4 is 17.1 Å². The van der Waals surface area contributed by atoms with Crippen molar-refractivity contribution in [2.45, 2.75) is 50.6 Å². The number of nitrogens with zero attached hydrogens (tertiary/aromatic N) is 3. The molecule has 174 valence electrons. The highest BCUT2D eigenvalue weighted by molar-refractivity contribution is 6.01. The molecular weight excluding hydrogens is 426 g/mol. The number of anilines is 1. The molecule has 2 N–H and O–H groups in total. The molecule has 0 radical (unpaired) electrons. The third-order valence-electron chi connectivity index (χ3n) is 7.09. The Morgan fingerprint density at radius 3 is 2.73 bits per heavy atom. The molecule has 5 rings (SSSR count). The molecule has 1 saturated carbocycles. The van der Waals surface area contributed by atoms with Crippen molar-refractivity contribution in [3.63, 3.8) is 0 Å². The van der Waals surface area contributed by atoms with Crippen molar-refractivity contribution in [2.75, 3.05) is 18.1 Å². The van der Waals surface area contributed by atoms with Crippen LogP contribution < -0.4 is 10.2 Å². The first-order chi connectivity index (χ1) is 16.0. The van der Waals surface area contributed by atoms with E-state index >= 15 is 0 Å². The van der Waals surface area contributed by atoms with Gasteiger partial charge in [-0.3, -0.25) is 4.79 Å². The van der Waals surface area contributed by atoms with Gasteiger partial charge in [0.1, 0.15) is 11.6 Å². The van der Waals surface area contributed by atoms with Gasteiger partial charge in [0, 0.05) is 36.6 Å². The Labute approximate surface area is 191 Å². The van der Waals surface area contributed by atoms with Crippen LogP contribution in [0.1, 0.15) is 60.5 Å². The molecule has 2 aliphatic rings. The van der Waals surface area contributed by atoms with E-state index in [1.807, 2.05) is 12.1 Å². The highest BCUT2D eigenvalue weighted by atomic mass is 19.1. The second kappa shape index (κ2) is 9.09. The molecule has 6 nitrogen and oxygen atoms in total. The molecule has 0 bridgehead atoms. The SMILES string of the molecule is O=C(NC1CCC(CO)CC1)c1cnn2ccc(N3CCC[C@@H]3c3cc(F)ccc3F)cc12. The fourth-order valence-electron chi connectivity index (χ4n) is 5.24. The van der Waals surface area contributed by atoms with E-state index in [1.54, 1.807) is 16.9 Å². The van der Waals surface area contributed by atoms with Crippen LogP contribution in [0.5, 0.6) is 0 Å². The molecule has 2 aromatic heterocycles. The summed E-state index contributed by atoms with van der Waals surface area (Å²) in [6, 6.07) is 7.23. The summed E-state index contributed by atoms with van der Waals surface area (Å²) in [5, 5.41) is 16.8. The van der Waals surface area contributed by atoms with Crippen molar-refractivity contribution < 1.29 is 18.7 Å². The lowest BCUT2D eigenvalue weighted by Gasteiger charge is -2.28. The maximum Gasteiger partial charge on any atom is 0.255 e. The molecular formula is C25H28F2N4O2. The second-order valence-electron chi connectivity index (χ2n) is 9.16. The summed E-state index contributed by atoms with van der Waals surface area (Å²) in [6.45, 7) is 0.926. The number of benzene rings is 1. The lowest BCUT2D eigenvalue weighted by molar-refractivity contribution is 0.0915. The first-order valence-electron chi connectivity index (χ1n) is 11.6. The normalized spacial score (nSPS) is 23.2. The van der Waals surface area contributed by atoms with Crippen molar-refractivity contribution in [1.82, 2.24) is 14.9 Å². The Balaban J connectivity index is 1.39. The summed E-state index contributed by atoms with van der Waals surface area (Å²) in [6.07, 6.45) is 8.50. The summed E-state index contributed by atoms with van der Waals surface area (Å²) in [7, 11) is 0. The summed E-state index contributed by atoms with van der Waals surface area (Å²) in [4.78, 5) is 15.1. The Bertz CT molecular complexity index is 1160. The van der Waals surface area contributed by atoms with Crippen LogP contribution in [0, 0.1) is 17.6 Å². The molecule has 3 aromatic rings. The molecule has 1 saturated heterocycles. The maximum atomic E-state index is 14.5. The number of fused-ring (bicyclic) bond motifs is 1. The van der Waals surface area contributed by atoms with Crippen molar-refractivity contribution in [3.05, 3.63) is 65.5 Å². The van der Waals surface area contributed by atoms with Crippen LogP contribution in [0.2, 0.25) is 0 Å². The third-order valence-corrected chi connectivity index (χ3v) is 7.09. The minimum Gasteiger partial charge on any atom is -0.396 e. The smallest absolute Gasteiger partial charge is 0.255 e. The zero-order chi connectivity index (χ0) is 22.9. The first kappa shape index (κ1) is 21.8. The molecule has 1 aromatic carbocycles. The minimum absolute atomic E-state index is 0.0948. The van der Waals surface area contributed by atoms with Crippen molar-refractivity contribution in [1.29, 1.82) is 0 Å². The Morgan fingerprint density at radius 1 is 1.12 bits per heavy atom. The Hall–Kier alpha value is -3.00. The van der Waals surface area contributed by atoms with Gasteiger partial charge in [0.05, 0.1) is 23.3 Å². The summed E-state index contributed by atoms with van der Waals surface area (Å²) in [5.74, 6) is -0.691. The van der Waals surface area contributed by atoms with Gasteiger partial charge in [0.25, 0.3) is 5.91 Å². The van der Waals surface area contributed by atoms with Crippen LogP contribution in [-0.4, -0.2) is 39.8 Å². The zero-order valence-electron chi connectivity index (χ0n) is 18.4. The van der Waals surface area contributed by atoms with Gasteiger partial charge in [-0.2, -0.15) is 5.10 Å². The van der Waals surface area contributed by atoms with Crippen LogP contribution in [0.4, 0.5) is 14.5 Å². The lowest BCUT2D eigenvalue weighted by atomic mass is 9.86. The van der Waals surface area contributed by atoms with E-state index in [0.29, 0.717) is 22.6 Å². The summed E-state index contributed by atoms with van der Waals surface area (Å²) in [5.41, 5.74) is 2.39. The third kappa shape index (κ3) is 4.31. The van der Waals surface area contributed by atoms with E-state index in [0.717, 1.165) is 56.8 Å². The molecule has 1 aliphatic heterocycles. The lowest BCUT2D eigenvalue weighted by Crippen LogP contribution is -2.38. The van der Waals surface area contributed by atoms with Crippen LogP contribution in [0.3, 0.4) is 0 Å². The summed E-state index contributed by atoms with van der Waals surface area (Å²) >= 11 is 0. The van der Waals surface area contributed by atoms with E-state index in [4.69, 9.17) is 0 Å². The highest BCUT2D eigenvalue weighted by Crippen LogP contribution is 2.38. The number of nitrogens with one attached hydrogen (secondary N) is 1. The monoisotopic (exact) mass is 454 g/mol. The van der Waals surface area contributed by atoms with E-state index < -0.39 is 11.6 Å². The van der Waals surface area contributed by atoms with Gasteiger partial charge in [-0.05, 0) is 74.8 Å². The maximum absolute atomic E-state index is 14.5. The number of aliphatic hydroxyl groups excluding tert-OH is 1. The number of aromatic nitrogens is 2. The average Bonchev–Trinajstić information content (AvgIpc) is 3.48. The number of aliphatic hydroxyl groups is 1. The number of hydrogen-bond donors (Lipinski definition) is 2. The van der Waals surface area contributed by atoms with Crippen LogP contribution in [-0.2, 0) is 0 Å². The van der Waals surface area contributed by atoms with E-state index in [9.17, 15) is 18.7 Å². The van der Waals surface area contributed by atoms with Gasteiger partial charge in [0.15, 0.2) is 0 Å². The fraction of sp³-hybridized carbons (Fsp3) is 0.440. The minimum atomic E-state index is -0.448. The van der Waals surface area contributed by atoms with Crippen molar-refractivity contribution in [3.8, 4) is 0 Å². The van der Waals surface area contributed by atoms with E-state index in [1.165, 1.54) is 12.1 Å². The molecule has 3 heterocycles. The standard InChI is InChI=1S/C25H28F2N4O2/c26-17-5-8-22(27)20(12-17)23-2-1-10-30(23)19-9-11-31-24(13-19)21(14-28-31)25(33)29-18-6-3-16(15-32)4-7-18/h5,8-9,11-14,16,18,23,32H,1-4,6-7,10,15H2,(H,29,33)/t16?,18?,23-/m1/s1. The molecule has 0 unspecified atom stereocenters. The topological polar surface area (TPSA) is 69.9 Å². The summed E-state index contributed by atoms with van der Waals surface area (Å²) < 4.78 is 30.0. The first-order valence-corrected chi connectivity index (χ1v) is 11.6. The quantitative estimate of drug-likeness (QED) is 0.605. The molecule has 0 spiro atoms. The highest BCUT2D eigenvalue weighted by Gasteiger charge is 2.30. The number of rotatable bonds is 5. The van der Waals surface area contributed by atoms with Gasteiger partial charge < -0.3 is 15.3 Å². The molecule has 1 atom stereocenters. The van der Waals surface area contributed by atoms with Gasteiger partial charge in [-0.25, -0.2) is 13.3 Å². The van der Waals surface area contributed by atoms with Gasteiger partial charge in [-0.15, -0.1) is 0 Å². The Morgan fingerprint density at radius 2 is 1.94 bits per heavy atom. The second-order valence-corrected chi connectivity index (χ2v) is 9.16. The molecule has 8 heteroatoms. The van der Waals surface area contributed by atoms with Crippen LogP contribution in [0.25, 0.3) is 5.52 Å². The molecule has 1 aliphatic carbocycles. The van der Waals surface area contributed by atoms with Gasteiger partial charge in [-0.1, -0.05) is 0 Å². The van der Waals surface area contributed by atoms with Crippen LogP contribution in [0.15, 0.2) is 42.7 Å². The largest absolute Gasteiger partial charge is 0.396 e.